The van der Waals surface area contributed by atoms with Crippen LogP contribution < -0.4 is 4.74 Å². The summed E-state index contributed by atoms with van der Waals surface area (Å²) in [6.07, 6.45) is 3.82. The van der Waals surface area contributed by atoms with Gasteiger partial charge in [-0.25, -0.2) is 4.79 Å². The number of benzene rings is 3. The highest BCUT2D eigenvalue weighted by atomic mass is 16.6. The molecular weight excluding hydrogens is 450 g/mol. The molecule has 0 saturated heterocycles. The molecule has 4 unspecified atom stereocenters. The van der Waals surface area contributed by atoms with Crippen LogP contribution in [0.1, 0.15) is 36.8 Å². The second-order valence-corrected chi connectivity index (χ2v) is 10.1. The van der Waals surface area contributed by atoms with Crippen molar-refractivity contribution < 1.29 is 19.4 Å². The highest BCUT2D eigenvalue weighted by Gasteiger charge is 2.53. The maximum absolute atomic E-state index is 13.6. The van der Waals surface area contributed by atoms with E-state index in [1.165, 1.54) is 0 Å². The van der Waals surface area contributed by atoms with Crippen LogP contribution in [0.25, 0.3) is 0 Å². The van der Waals surface area contributed by atoms with E-state index in [0.717, 1.165) is 38.0 Å². The molecule has 0 spiro atoms. The summed E-state index contributed by atoms with van der Waals surface area (Å²) in [7, 11) is 2.17. The van der Waals surface area contributed by atoms with E-state index in [4.69, 9.17) is 9.47 Å². The Morgan fingerprint density at radius 3 is 2.11 bits per heavy atom. The Labute approximate surface area is 213 Å². The molecule has 5 heteroatoms. The van der Waals surface area contributed by atoms with Gasteiger partial charge in [0.2, 0.25) is 5.60 Å². The number of hydrogen-bond donors (Lipinski definition) is 1. The molecule has 2 saturated carbocycles. The van der Waals surface area contributed by atoms with Crippen LogP contribution >= 0.6 is 0 Å². The maximum Gasteiger partial charge on any atom is 0.347 e. The van der Waals surface area contributed by atoms with E-state index >= 15 is 0 Å². The SMILES string of the molecule is CN(CCCOc1ccccc1)C1C2CCC1C(OC(=O)C(O)(c1ccccc1)c1ccccc1)C2. The summed E-state index contributed by atoms with van der Waals surface area (Å²) in [6.45, 7) is 1.61. The fourth-order valence-corrected chi connectivity index (χ4v) is 6.21. The molecular formula is C31H35NO4. The molecule has 2 aliphatic rings. The van der Waals surface area contributed by atoms with Crippen molar-refractivity contribution in [1.29, 1.82) is 0 Å². The van der Waals surface area contributed by atoms with Crippen molar-refractivity contribution in [2.45, 2.75) is 43.4 Å². The lowest BCUT2D eigenvalue weighted by molar-refractivity contribution is -0.170. The van der Waals surface area contributed by atoms with Crippen molar-refractivity contribution >= 4 is 5.97 Å². The molecule has 5 rings (SSSR count). The van der Waals surface area contributed by atoms with Gasteiger partial charge in [-0.15, -0.1) is 0 Å². The van der Waals surface area contributed by atoms with Crippen molar-refractivity contribution in [2.75, 3.05) is 20.2 Å². The van der Waals surface area contributed by atoms with Crippen molar-refractivity contribution in [3.8, 4) is 5.75 Å². The number of para-hydroxylation sites is 1. The zero-order chi connectivity index (χ0) is 25.0. The fraction of sp³-hybridized carbons (Fsp3) is 0.387. The minimum atomic E-state index is -1.83. The van der Waals surface area contributed by atoms with Crippen LogP contribution in [-0.4, -0.2) is 48.3 Å². The summed E-state index contributed by atoms with van der Waals surface area (Å²) in [5.41, 5.74) is -0.784. The minimum absolute atomic E-state index is 0.178. The number of carbonyl (C=O) groups is 1. The zero-order valence-electron chi connectivity index (χ0n) is 20.8. The van der Waals surface area contributed by atoms with Gasteiger partial charge < -0.3 is 19.5 Å². The first-order valence-electron chi connectivity index (χ1n) is 13.0. The van der Waals surface area contributed by atoms with E-state index in [2.05, 4.69) is 11.9 Å². The van der Waals surface area contributed by atoms with Gasteiger partial charge in [-0.2, -0.15) is 0 Å². The van der Waals surface area contributed by atoms with Gasteiger partial charge >= 0.3 is 5.97 Å². The first-order chi connectivity index (χ1) is 17.6. The van der Waals surface area contributed by atoms with Crippen LogP contribution in [0.15, 0.2) is 91.0 Å². The lowest BCUT2D eigenvalue weighted by atomic mass is 9.86. The molecule has 2 aliphatic carbocycles. The maximum atomic E-state index is 13.6. The Bertz CT molecular complexity index is 1080. The number of esters is 1. The Morgan fingerprint density at radius 2 is 1.50 bits per heavy atom. The minimum Gasteiger partial charge on any atom is -0.494 e. The molecule has 0 amide bonds. The summed E-state index contributed by atoms with van der Waals surface area (Å²) in [5.74, 6) is 1.11. The highest BCUT2D eigenvalue weighted by Crippen LogP contribution is 2.49. The standard InChI is InChI=1S/C31H35NO4/c1-32(20-11-21-35-26-16-9-4-10-17-26)29-23-18-19-27(29)28(22-23)36-30(33)31(34,24-12-5-2-6-13-24)25-14-7-3-8-15-25/h2-10,12-17,23,27-29,34H,11,18-22H2,1H3. The van der Waals surface area contributed by atoms with E-state index in [0.29, 0.717) is 29.7 Å². The quantitative estimate of drug-likeness (QED) is 0.322. The molecule has 36 heavy (non-hydrogen) atoms. The van der Waals surface area contributed by atoms with Crippen LogP contribution in [0.4, 0.5) is 0 Å². The monoisotopic (exact) mass is 485 g/mol. The van der Waals surface area contributed by atoms with Gasteiger partial charge in [0.05, 0.1) is 6.61 Å². The second kappa shape index (κ2) is 10.9. The Balaban J connectivity index is 1.23. The lowest BCUT2D eigenvalue weighted by Gasteiger charge is -2.32. The molecule has 0 radical (unpaired) electrons. The van der Waals surface area contributed by atoms with Gasteiger partial charge in [0.1, 0.15) is 11.9 Å². The molecule has 5 nitrogen and oxygen atoms in total. The van der Waals surface area contributed by atoms with E-state index in [1.54, 1.807) is 24.3 Å². The van der Waals surface area contributed by atoms with Crippen molar-refractivity contribution in [3.05, 3.63) is 102 Å². The zero-order valence-corrected chi connectivity index (χ0v) is 20.8. The van der Waals surface area contributed by atoms with E-state index in [1.807, 2.05) is 66.7 Å². The second-order valence-electron chi connectivity index (χ2n) is 10.1. The van der Waals surface area contributed by atoms with Gasteiger partial charge in [0.15, 0.2) is 0 Å². The van der Waals surface area contributed by atoms with Crippen molar-refractivity contribution in [3.63, 3.8) is 0 Å². The van der Waals surface area contributed by atoms with Crippen LogP contribution in [0.3, 0.4) is 0 Å². The number of rotatable bonds is 10. The average Bonchev–Trinajstić information content (AvgIpc) is 3.50. The van der Waals surface area contributed by atoms with E-state index in [9.17, 15) is 9.90 Å². The lowest BCUT2D eigenvalue weighted by Crippen LogP contribution is -2.43. The summed E-state index contributed by atoms with van der Waals surface area (Å²) in [5, 5.41) is 11.8. The number of hydrogen-bond acceptors (Lipinski definition) is 5. The Morgan fingerprint density at radius 1 is 0.917 bits per heavy atom. The van der Waals surface area contributed by atoms with Crippen molar-refractivity contribution in [1.82, 2.24) is 4.90 Å². The molecule has 4 atom stereocenters. The molecule has 3 aromatic carbocycles. The van der Waals surface area contributed by atoms with Crippen LogP contribution in [0.5, 0.6) is 5.75 Å². The molecule has 188 valence electrons. The summed E-state index contributed by atoms with van der Waals surface area (Å²) in [6, 6.07) is 28.5. The topological polar surface area (TPSA) is 59.0 Å². The first-order valence-corrected chi connectivity index (χ1v) is 13.0. The van der Waals surface area contributed by atoms with Crippen LogP contribution in [0.2, 0.25) is 0 Å². The third kappa shape index (κ3) is 4.91. The van der Waals surface area contributed by atoms with Gasteiger partial charge in [-0.3, -0.25) is 0 Å². The summed E-state index contributed by atoms with van der Waals surface area (Å²) >= 11 is 0. The first kappa shape index (κ1) is 24.5. The Hall–Kier alpha value is -3.15. The summed E-state index contributed by atoms with van der Waals surface area (Å²) in [4.78, 5) is 16.0. The van der Waals surface area contributed by atoms with Gasteiger partial charge in [-0.1, -0.05) is 78.9 Å². The molecule has 0 heterocycles. The smallest absolute Gasteiger partial charge is 0.347 e. The van der Waals surface area contributed by atoms with E-state index in [-0.39, 0.29) is 12.0 Å². The number of carbonyl (C=O) groups excluding carboxylic acids is 1. The number of aliphatic hydroxyl groups is 1. The van der Waals surface area contributed by atoms with Gasteiger partial charge in [-0.05, 0) is 61.9 Å². The van der Waals surface area contributed by atoms with Gasteiger partial charge in [0.25, 0.3) is 0 Å². The third-order valence-electron chi connectivity index (χ3n) is 7.92. The molecule has 0 aliphatic heterocycles. The predicted octanol–water partition coefficient (Wildman–Crippen LogP) is 5.03. The molecule has 2 bridgehead atoms. The molecule has 3 aromatic rings. The number of fused-ring (bicyclic) bond motifs is 2. The third-order valence-corrected chi connectivity index (χ3v) is 7.92. The average molecular weight is 486 g/mol. The number of nitrogens with zero attached hydrogens (tertiary/aromatic N) is 1. The number of ether oxygens (including phenoxy) is 2. The predicted molar refractivity (Wildman–Crippen MR) is 140 cm³/mol. The van der Waals surface area contributed by atoms with Gasteiger partial charge in [0, 0.05) is 18.5 Å². The molecule has 0 aromatic heterocycles. The molecule has 1 N–H and O–H groups in total. The van der Waals surface area contributed by atoms with Crippen LogP contribution in [-0.2, 0) is 15.1 Å². The summed E-state index contributed by atoms with van der Waals surface area (Å²) < 4.78 is 12.0. The fourth-order valence-electron chi connectivity index (χ4n) is 6.21. The Kier molecular flexibility index (Phi) is 7.40. The highest BCUT2D eigenvalue weighted by molar-refractivity contribution is 5.85. The molecule has 2 fully saturated rings. The normalized spacial score (nSPS) is 23.1. The largest absolute Gasteiger partial charge is 0.494 e. The van der Waals surface area contributed by atoms with Crippen LogP contribution in [0, 0.1) is 11.8 Å². The van der Waals surface area contributed by atoms with E-state index < -0.39 is 11.6 Å². The van der Waals surface area contributed by atoms with Crippen molar-refractivity contribution in [2.24, 2.45) is 11.8 Å².